The molecular formula is C24H20Cl2N4O5. The third-order valence-electron chi connectivity index (χ3n) is 5.36. The largest absolute Gasteiger partial charge is 0.378 e. The molecule has 35 heavy (non-hydrogen) atoms. The minimum absolute atomic E-state index is 0.140. The quantitative estimate of drug-likeness (QED) is 0.343. The lowest BCUT2D eigenvalue weighted by Gasteiger charge is -2.28. The summed E-state index contributed by atoms with van der Waals surface area (Å²) in [6.07, 6.45) is 0. The Labute approximate surface area is 210 Å². The minimum Gasteiger partial charge on any atom is -0.378 e. The Morgan fingerprint density at radius 2 is 1.51 bits per heavy atom. The summed E-state index contributed by atoms with van der Waals surface area (Å²) in [7, 11) is 0. The third kappa shape index (κ3) is 5.89. The molecule has 0 radical (unpaired) electrons. The van der Waals surface area contributed by atoms with Crippen LogP contribution in [0.5, 0.6) is 0 Å². The van der Waals surface area contributed by atoms with Crippen LogP contribution in [0.25, 0.3) is 0 Å². The van der Waals surface area contributed by atoms with Crippen molar-refractivity contribution in [2.75, 3.05) is 41.8 Å². The number of halogens is 2. The van der Waals surface area contributed by atoms with E-state index in [1.165, 1.54) is 18.2 Å². The number of nitro groups is 1. The van der Waals surface area contributed by atoms with E-state index in [0.29, 0.717) is 48.4 Å². The van der Waals surface area contributed by atoms with Gasteiger partial charge in [-0.2, -0.15) is 0 Å². The standard InChI is InChI=1S/C24H20Cl2N4O5/c25-16-2-7-19(20(26)14-16)24(32)28-18-5-3-17(4-6-18)27-23(31)15-1-8-21(22(13-15)30(33)34)29-9-11-35-12-10-29/h1-8,13-14H,9-12H2,(H,27,31)(H,28,32). The van der Waals surface area contributed by atoms with Crippen molar-refractivity contribution in [3.63, 3.8) is 0 Å². The molecule has 0 aliphatic carbocycles. The number of morpholine rings is 1. The van der Waals surface area contributed by atoms with E-state index in [1.54, 1.807) is 42.5 Å². The van der Waals surface area contributed by atoms with E-state index < -0.39 is 16.7 Å². The lowest BCUT2D eigenvalue weighted by atomic mass is 10.1. The van der Waals surface area contributed by atoms with Gasteiger partial charge in [-0.3, -0.25) is 19.7 Å². The van der Waals surface area contributed by atoms with E-state index in [2.05, 4.69) is 10.6 Å². The fourth-order valence-corrected chi connectivity index (χ4v) is 4.09. The first-order chi connectivity index (χ1) is 16.8. The molecule has 1 fully saturated rings. The van der Waals surface area contributed by atoms with Crippen molar-refractivity contribution in [1.82, 2.24) is 0 Å². The maximum Gasteiger partial charge on any atom is 0.293 e. The van der Waals surface area contributed by atoms with Crippen LogP contribution >= 0.6 is 23.2 Å². The highest BCUT2D eigenvalue weighted by Gasteiger charge is 2.23. The van der Waals surface area contributed by atoms with Crippen LogP contribution in [-0.2, 0) is 4.74 Å². The number of ether oxygens (including phenoxy) is 1. The number of rotatable bonds is 6. The SMILES string of the molecule is O=C(Nc1ccc(NC(=O)c2ccc(Cl)cc2Cl)cc1)c1ccc(N2CCOCC2)c([N+](=O)[O-])c1. The summed E-state index contributed by atoms with van der Waals surface area (Å²) in [5.41, 5.74) is 1.69. The summed E-state index contributed by atoms with van der Waals surface area (Å²) >= 11 is 11.9. The zero-order valence-corrected chi connectivity index (χ0v) is 19.8. The molecule has 0 unspecified atom stereocenters. The molecule has 180 valence electrons. The molecule has 9 nitrogen and oxygen atoms in total. The van der Waals surface area contributed by atoms with Crippen LogP contribution < -0.4 is 15.5 Å². The molecule has 3 aromatic rings. The lowest BCUT2D eigenvalue weighted by Crippen LogP contribution is -2.36. The third-order valence-corrected chi connectivity index (χ3v) is 5.91. The molecule has 2 N–H and O–H groups in total. The monoisotopic (exact) mass is 514 g/mol. The van der Waals surface area contributed by atoms with Gasteiger partial charge in [-0.05, 0) is 54.6 Å². The van der Waals surface area contributed by atoms with Gasteiger partial charge in [0.25, 0.3) is 17.5 Å². The van der Waals surface area contributed by atoms with Crippen molar-refractivity contribution in [2.45, 2.75) is 0 Å². The number of nitrogens with one attached hydrogen (secondary N) is 2. The minimum atomic E-state index is -0.494. The molecule has 3 aromatic carbocycles. The van der Waals surface area contributed by atoms with Crippen LogP contribution in [-0.4, -0.2) is 43.0 Å². The van der Waals surface area contributed by atoms with Crippen LogP contribution in [0.15, 0.2) is 60.7 Å². The normalized spacial score (nSPS) is 13.3. The van der Waals surface area contributed by atoms with Gasteiger partial charge in [0.1, 0.15) is 5.69 Å². The topological polar surface area (TPSA) is 114 Å². The van der Waals surface area contributed by atoms with Gasteiger partial charge in [0.15, 0.2) is 0 Å². The number of amides is 2. The number of nitrogens with zero attached hydrogens (tertiary/aromatic N) is 2. The molecule has 1 aliphatic rings. The second kappa shape index (κ2) is 10.7. The van der Waals surface area contributed by atoms with Gasteiger partial charge >= 0.3 is 0 Å². The van der Waals surface area contributed by atoms with Crippen LogP contribution in [0.4, 0.5) is 22.7 Å². The fraction of sp³-hybridized carbons (Fsp3) is 0.167. The predicted molar refractivity (Wildman–Crippen MR) is 135 cm³/mol. The van der Waals surface area contributed by atoms with Gasteiger partial charge in [-0.1, -0.05) is 23.2 Å². The van der Waals surface area contributed by atoms with Crippen molar-refractivity contribution in [1.29, 1.82) is 0 Å². The summed E-state index contributed by atoms with van der Waals surface area (Å²) < 4.78 is 5.30. The highest BCUT2D eigenvalue weighted by Crippen LogP contribution is 2.30. The molecule has 0 bridgehead atoms. The second-order valence-corrected chi connectivity index (χ2v) is 8.51. The van der Waals surface area contributed by atoms with E-state index in [0.717, 1.165) is 0 Å². The Balaban J connectivity index is 1.44. The van der Waals surface area contributed by atoms with E-state index in [9.17, 15) is 19.7 Å². The Morgan fingerprint density at radius 3 is 2.11 bits per heavy atom. The van der Waals surface area contributed by atoms with Crippen LogP contribution in [0.3, 0.4) is 0 Å². The average molecular weight is 515 g/mol. The molecule has 1 aliphatic heterocycles. The zero-order chi connectivity index (χ0) is 24.9. The number of anilines is 3. The first-order valence-corrected chi connectivity index (χ1v) is 11.4. The maximum atomic E-state index is 12.7. The van der Waals surface area contributed by atoms with E-state index in [4.69, 9.17) is 27.9 Å². The molecule has 2 amide bonds. The molecule has 0 saturated carbocycles. The van der Waals surface area contributed by atoms with Gasteiger partial charge < -0.3 is 20.3 Å². The summed E-state index contributed by atoms with van der Waals surface area (Å²) in [6.45, 7) is 2.06. The van der Waals surface area contributed by atoms with E-state index in [-0.39, 0.29) is 21.8 Å². The number of nitro benzene ring substituents is 1. The van der Waals surface area contributed by atoms with E-state index >= 15 is 0 Å². The molecule has 1 heterocycles. The average Bonchev–Trinajstić information content (AvgIpc) is 2.85. The Morgan fingerprint density at radius 1 is 0.886 bits per heavy atom. The Hall–Kier alpha value is -3.66. The number of hydrogen-bond donors (Lipinski definition) is 2. The molecule has 1 saturated heterocycles. The summed E-state index contributed by atoms with van der Waals surface area (Å²) in [5, 5.41) is 17.7. The number of hydrogen-bond acceptors (Lipinski definition) is 6. The zero-order valence-electron chi connectivity index (χ0n) is 18.3. The van der Waals surface area contributed by atoms with Crippen molar-refractivity contribution in [2.24, 2.45) is 0 Å². The van der Waals surface area contributed by atoms with Gasteiger partial charge in [0.2, 0.25) is 0 Å². The number of carbonyl (C=O) groups is 2. The molecule has 0 atom stereocenters. The van der Waals surface area contributed by atoms with Gasteiger partial charge in [0, 0.05) is 41.1 Å². The van der Waals surface area contributed by atoms with Crippen molar-refractivity contribution in [3.8, 4) is 0 Å². The van der Waals surface area contributed by atoms with Crippen molar-refractivity contribution in [3.05, 3.63) is 92.0 Å². The maximum absolute atomic E-state index is 12.7. The second-order valence-electron chi connectivity index (χ2n) is 7.67. The molecular weight excluding hydrogens is 495 g/mol. The molecule has 4 rings (SSSR count). The molecule has 0 spiro atoms. The fourth-order valence-electron chi connectivity index (χ4n) is 3.59. The highest BCUT2D eigenvalue weighted by atomic mass is 35.5. The smallest absolute Gasteiger partial charge is 0.293 e. The van der Waals surface area contributed by atoms with Gasteiger partial charge in [-0.25, -0.2) is 0 Å². The highest BCUT2D eigenvalue weighted by molar-refractivity contribution is 6.37. The van der Waals surface area contributed by atoms with Crippen LogP contribution in [0.1, 0.15) is 20.7 Å². The number of benzene rings is 3. The molecule has 11 heteroatoms. The summed E-state index contributed by atoms with van der Waals surface area (Å²) in [4.78, 5) is 38.2. The van der Waals surface area contributed by atoms with Crippen molar-refractivity contribution < 1.29 is 19.2 Å². The lowest BCUT2D eigenvalue weighted by molar-refractivity contribution is -0.384. The van der Waals surface area contributed by atoms with Crippen LogP contribution in [0, 0.1) is 10.1 Å². The summed E-state index contributed by atoms with van der Waals surface area (Å²) in [5.74, 6) is -0.900. The Kier molecular flexibility index (Phi) is 7.50. The predicted octanol–water partition coefficient (Wildman–Crippen LogP) is 5.24. The van der Waals surface area contributed by atoms with Crippen LogP contribution in [0.2, 0.25) is 10.0 Å². The molecule has 0 aromatic heterocycles. The number of carbonyl (C=O) groups excluding carboxylic acids is 2. The summed E-state index contributed by atoms with van der Waals surface area (Å²) in [6, 6.07) is 15.4. The first kappa shape index (κ1) is 24.5. The van der Waals surface area contributed by atoms with Crippen molar-refractivity contribution >= 4 is 57.8 Å². The van der Waals surface area contributed by atoms with Gasteiger partial charge in [0.05, 0.1) is 28.7 Å². The Bertz CT molecular complexity index is 1280. The van der Waals surface area contributed by atoms with Gasteiger partial charge in [-0.15, -0.1) is 0 Å². The first-order valence-electron chi connectivity index (χ1n) is 10.6. The van der Waals surface area contributed by atoms with E-state index in [1.807, 2.05) is 4.90 Å².